The lowest BCUT2D eigenvalue weighted by molar-refractivity contribution is -0.143. The first kappa shape index (κ1) is 31.8. The topological polar surface area (TPSA) is 108 Å². The predicted octanol–water partition coefficient (Wildman–Crippen LogP) is 5.12. The summed E-state index contributed by atoms with van der Waals surface area (Å²) in [5.74, 6) is -0.876. The number of benzene rings is 2. The molecule has 2 atom stereocenters. The van der Waals surface area contributed by atoms with Crippen molar-refractivity contribution in [2.75, 3.05) is 13.2 Å². The summed E-state index contributed by atoms with van der Waals surface area (Å²) in [5.41, 5.74) is 0.817. The molecule has 0 fully saturated rings. The zero-order valence-corrected chi connectivity index (χ0v) is 23.8. The van der Waals surface area contributed by atoms with Gasteiger partial charge >= 0.3 is 6.09 Å². The van der Waals surface area contributed by atoms with Crippen LogP contribution in [0.25, 0.3) is 0 Å². The van der Waals surface area contributed by atoms with Crippen LogP contribution >= 0.6 is 0 Å². The number of aliphatic hydroxyl groups excluding tert-OH is 1. The van der Waals surface area contributed by atoms with Crippen molar-refractivity contribution < 1.29 is 24.2 Å². The van der Waals surface area contributed by atoms with Gasteiger partial charge in [0, 0.05) is 13.1 Å². The third kappa shape index (κ3) is 11.5. The Morgan fingerprint density at radius 3 is 2.08 bits per heavy atom. The third-order valence-electron chi connectivity index (χ3n) is 6.19. The van der Waals surface area contributed by atoms with Crippen molar-refractivity contribution in [2.45, 2.75) is 90.4 Å². The highest BCUT2D eigenvalue weighted by Gasteiger charge is 2.35. The standard InChI is InChI=1S/C31H45N3O5/c1-5-6-7-8-9-16-21-34(29(37)26(23-35)33-30(38)39-31(2,3)4)27(25-19-14-11-15-20-25)28(36)32-22-24-17-12-10-13-18-24/h10-15,17-20,26-27,35H,5-9,16,21-23H2,1-4H3,(H,32,36)(H,33,38). The summed E-state index contributed by atoms with van der Waals surface area (Å²) in [6.45, 7) is 7.29. The second-order valence-electron chi connectivity index (χ2n) is 10.7. The van der Waals surface area contributed by atoms with Crippen LogP contribution in [-0.2, 0) is 20.9 Å². The van der Waals surface area contributed by atoms with E-state index in [2.05, 4.69) is 17.6 Å². The van der Waals surface area contributed by atoms with Gasteiger partial charge in [0.25, 0.3) is 0 Å². The quantitative estimate of drug-likeness (QED) is 0.272. The van der Waals surface area contributed by atoms with Gasteiger partial charge in [0.2, 0.25) is 11.8 Å². The van der Waals surface area contributed by atoms with Crippen molar-refractivity contribution >= 4 is 17.9 Å². The summed E-state index contributed by atoms with van der Waals surface area (Å²) in [7, 11) is 0. The number of hydrogen-bond donors (Lipinski definition) is 3. The molecule has 0 radical (unpaired) electrons. The molecule has 0 aliphatic heterocycles. The zero-order chi connectivity index (χ0) is 28.7. The number of unbranched alkanes of at least 4 members (excludes halogenated alkanes) is 5. The van der Waals surface area contributed by atoms with E-state index in [9.17, 15) is 19.5 Å². The number of carbonyl (C=O) groups excluding carboxylic acids is 3. The Labute approximate surface area is 233 Å². The van der Waals surface area contributed by atoms with Crippen molar-refractivity contribution in [3.8, 4) is 0 Å². The number of alkyl carbamates (subject to hydrolysis) is 1. The minimum atomic E-state index is -1.26. The van der Waals surface area contributed by atoms with Gasteiger partial charge in [-0.2, -0.15) is 0 Å². The van der Waals surface area contributed by atoms with Gasteiger partial charge in [0.05, 0.1) is 6.61 Å². The zero-order valence-electron chi connectivity index (χ0n) is 23.8. The van der Waals surface area contributed by atoms with E-state index in [1.807, 2.05) is 60.7 Å². The largest absolute Gasteiger partial charge is 0.444 e. The Balaban J connectivity index is 2.32. The summed E-state index contributed by atoms with van der Waals surface area (Å²) in [5, 5.41) is 15.5. The molecule has 2 aromatic carbocycles. The molecule has 0 bridgehead atoms. The maximum absolute atomic E-state index is 13.9. The number of carbonyl (C=O) groups is 3. The van der Waals surface area contributed by atoms with E-state index in [-0.39, 0.29) is 5.91 Å². The molecule has 0 heterocycles. The van der Waals surface area contributed by atoms with Gasteiger partial charge in [0.15, 0.2) is 0 Å². The van der Waals surface area contributed by atoms with E-state index in [1.165, 1.54) is 4.90 Å². The van der Waals surface area contributed by atoms with Gasteiger partial charge < -0.3 is 25.4 Å². The van der Waals surface area contributed by atoms with Gasteiger partial charge in [-0.15, -0.1) is 0 Å². The van der Waals surface area contributed by atoms with Gasteiger partial charge in [0.1, 0.15) is 17.7 Å². The monoisotopic (exact) mass is 539 g/mol. The van der Waals surface area contributed by atoms with E-state index < -0.39 is 36.3 Å². The molecule has 2 rings (SSSR count). The number of rotatable bonds is 15. The Bertz CT molecular complexity index is 1010. The number of ether oxygens (including phenoxy) is 1. The minimum absolute atomic E-state index is 0.301. The average Bonchev–Trinajstić information content (AvgIpc) is 2.91. The molecule has 39 heavy (non-hydrogen) atoms. The van der Waals surface area contributed by atoms with E-state index in [1.54, 1.807) is 20.8 Å². The van der Waals surface area contributed by atoms with E-state index in [4.69, 9.17) is 4.74 Å². The Hall–Kier alpha value is -3.39. The first-order valence-electron chi connectivity index (χ1n) is 13.9. The highest BCUT2D eigenvalue weighted by molar-refractivity contribution is 5.92. The molecule has 0 aromatic heterocycles. The summed E-state index contributed by atoms with van der Waals surface area (Å²) >= 11 is 0. The van der Waals surface area contributed by atoms with Crippen molar-refractivity contribution in [2.24, 2.45) is 0 Å². The molecule has 2 aromatic rings. The normalized spacial score (nSPS) is 12.7. The first-order valence-corrected chi connectivity index (χ1v) is 13.9. The molecule has 0 spiro atoms. The van der Waals surface area contributed by atoms with Crippen LogP contribution in [0.3, 0.4) is 0 Å². The van der Waals surface area contributed by atoms with Gasteiger partial charge in [-0.25, -0.2) is 4.79 Å². The minimum Gasteiger partial charge on any atom is -0.444 e. The number of hydrogen-bond acceptors (Lipinski definition) is 5. The fourth-order valence-corrected chi connectivity index (χ4v) is 4.25. The summed E-state index contributed by atoms with van der Waals surface area (Å²) in [6, 6.07) is 16.5. The van der Waals surface area contributed by atoms with E-state index in [0.717, 1.165) is 37.7 Å². The maximum Gasteiger partial charge on any atom is 0.408 e. The highest BCUT2D eigenvalue weighted by atomic mass is 16.6. The molecule has 0 saturated carbocycles. The third-order valence-corrected chi connectivity index (χ3v) is 6.19. The highest BCUT2D eigenvalue weighted by Crippen LogP contribution is 2.24. The van der Waals surface area contributed by atoms with Crippen LogP contribution in [0.2, 0.25) is 0 Å². The molecule has 214 valence electrons. The van der Waals surface area contributed by atoms with E-state index in [0.29, 0.717) is 25.1 Å². The molecule has 8 nitrogen and oxygen atoms in total. The fraction of sp³-hybridized carbons (Fsp3) is 0.516. The molecule has 0 aliphatic carbocycles. The maximum atomic E-state index is 13.9. The SMILES string of the molecule is CCCCCCCCN(C(=O)C(CO)NC(=O)OC(C)(C)C)C(C(=O)NCc1ccccc1)c1ccccc1. The molecule has 0 saturated heterocycles. The number of nitrogens with zero attached hydrogens (tertiary/aromatic N) is 1. The second-order valence-corrected chi connectivity index (χ2v) is 10.7. The van der Waals surface area contributed by atoms with Crippen LogP contribution in [0.1, 0.15) is 83.4 Å². The molecule has 3 amide bonds. The van der Waals surface area contributed by atoms with Crippen molar-refractivity contribution in [3.63, 3.8) is 0 Å². The second kappa shape index (κ2) is 16.5. The van der Waals surface area contributed by atoms with Crippen LogP contribution in [0.5, 0.6) is 0 Å². The summed E-state index contributed by atoms with van der Waals surface area (Å²) in [4.78, 5) is 41.5. The molecule has 2 unspecified atom stereocenters. The fourth-order valence-electron chi connectivity index (χ4n) is 4.25. The smallest absolute Gasteiger partial charge is 0.408 e. The Morgan fingerprint density at radius 2 is 1.49 bits per heavy atom. The van der Waals surface area contributed by atoms with Crippen LogP contribution in [-0.4, -0.2) is 52.7 Å². The van der Waals surface area contributed by atoms with E-state index >= 15 is 0 Å². The van der Waals surface area contributed by atoms with Crippen LogP contribution in [0, 0.1) is 0 Å². The Morgan fingerprint density at radius 1 is 0.897 bits per heavy atom. The van der Waals surface area contributed by atoms with Gasteiger partial charge in [-0.1, -0.05) is 99.7 Å². The van der Waals surface area contributed by atoms with Crippen LogP contribution in [0.4, 0.5) is 4.79 Å². The summed E-state index contributed by atoms with van der Waals surface area (Å²) in [6.07, 6.45) is 5.23. The van der Waals surface area contributed by atoms with Crippen molar-refractivity contribution in [1.29, 1.82) is 0 Å². The molecular weight excluding hydrogens is 494 g/mol. The molecule has 8 heteroatoms. The Kier molecular flexibility index (Phi) is 13.5. The lowest BCUT2D eigenvalue weighted by Crippen LogP contribution is -2.54. The lowest BCUT2D eigenvalue weighted by Gasteiger charge is -2.34. The number of amides is 3. The number of aliphatic hydroxyl groups is 1. The van der Waals surface area contributed by atoms with Crippen molar-refractivity contribution in [1.82, 2.24) is 15.5 Å². The van der Waals surface area contributed by atoms with Crippen LogP contribution in [0.15, 0.2) is 60.7 Å². The average molecular weight is 540 g/mol. The van der Waals surface area contributed by atoms with Gasteiger partial charge in [-0.3, -0.25) is 9.59 Å². The first-order chi connectivity index (χ1) is 18.7. The van der Waals surface area contributed by atoms with Crippen LogP contribution < -0.4 is 10.6 Å². The molecule has 3 N–H and O–H groups in total. The number of nitrogens with one attached hydrogen (secondary N) is 2. The summed E-state index contributed by atoms with van der Waals surface area (Å²) < 4.78 is 5.30. The molecule has 0 aliphatic rings. The lowest BCUT2D eigenvalue weighted by atomic mass is 10.0. The predicted molar refractivity (Wildman–Crippen MR) is 153 cm³/mol. The van der Waals surface area contributed by atoms with Gasteiger partial charge in [-0.05, 0) is 38.3 Å². The van der Waals surface area contributed by atoms with Crippen molar-refractivity contribution in [3.05, 3.63) is 71.8 Å². The molecular formula is C31H45N3O5.